The van der Waals surface area contributed by atoms with Crippen LogP contribution in [0.25, 0.3) is 10.9 Å². The fourth-order valence-electron chi connectivity index (χ4n) is 2.81. The molecule has 3 N–H and O–H groups in total. The zero-order chi connectivity index (χ0) is 15.1. The standard InChI is InChI=1S/C18H27NO2/c1-2-3-4-5-6-11-17(20)18(21)12-14-13-19-16-10-8-7-9-15(14)16/h7-10,13,17-21H,2-6,11-12H2,1H3. The first kappa shape index (κ1) is 16.1. The van der Waals surface area contributed by atoms with Crippen molar-refractivity contribution < 1.29 is 10.2 Å². The van der Waals surface area contributed by atoms with Crippen molar-refractivity contribution >= 4 is 10.9 Å². The summed E-state index contributed by atoms with van der Waals surface area (Å²) in [5.74, 6) is 0. The number of unbranched alkanes of at least 4 members (excludes halogenated alkanes) is 4. The lowest BCUT2D eigenvalue weighted by Crippen LogP contribution is -2.27. The number of benzene rings is 1. The third kappa shape index (κ3) is 4.58. The number of nitrogens with one attached hydrogen (secondary N) is 1. The van der Waals surface area contributed by atoms with Gasteiger partial charge < -0.3 is 15.2 Å². The van der Waals surface area contributed by atoms with Gasteiger partial charge in [-0.05, 0) is 18.1 Å². The Morgan fingerprint density at radius 2 is 1.76 bits per heavy atom. The van der Waals surface area contributed by atoms with Crippen LogP contribution in [0.3, 0.4) is 0 Å². The molecule has 2 unspecified atom stereocenters. The molecule has 2 atom stereocenters. The van der Waals surface area contributed by atoms with E-state index >= 15 is 0 Å². The van der Waals surface area contributed by atoms with Crippen molar-refractivity contribution in [3.8, 4) is 0 Å². The first-order valence-electron chi connectivity index (χ1n) is 8.13. The predicted octanol–water partition coefficient (Wildman–Crippen LogP) is 3.79. The molecule has 0 spiro atoms. The second-order valence-corrected chi connectivity index (χ2v) is 5.90. The molecular formula is C18H27NO2. The van der Waals surface area contributed by atoms with E-state index in [1.54, 1.807) is 0 Å². The minimum atomic E-state index is -0.685. The van der Waals surface area contributed by atoms with Gasteiger partial charge in [-0.25, -0.2) is 0 Å². The van der Waals surface area contributed by atoms with E-state index in [-0.39, 0.29) is 0 Å². The van der Waals surface area contributed by atoms with Crippen molar-refractivity contribution in [3.63, 3.8) is 0 Å². The molecule has 0 aliphatic carbocycles. The van der Waals surface area contributed by atoms with Crippen LogP contribution in [0, 0.1) is 0 Å². The predicted molar refractivity (Wildman–Crippen MR) is 87.4 cm³/mol. The number of rotatable bonds is 9. The summed E-state index contributed by atoms with van der Waals surface area (Å²) < 4.78 is 0. The molecule has 0 saturated carbocycles. The Morgan fingerprint density at radius 1 is 1.00 bits per heavy atom. The molecule has 0 fully saturated rings. The van der Waals surface area contributed by atoms with Gasteiger partial charge in [-0.1, -0.05) is 57.2 Å². The van der Waals surface area contributed by atoms with Crippen LogP contribution in [0.2, 0.25) is 0 Å². The fourth-order valence-corrected chi connectivity index (χ4v) is 2.81. The maximum Gasteiger partial charge on any atom is 0.0840 e. The minimum absolute atomic E-state index is 0.500. The van der Waals surface area contributed by atoms with Gasteiger partial charge in [-0.3, -0.25) is 0 Å². The summed E-state index contributed by atoms with van der Waals surface area (Å²) in [6.07, 6.45) is 7.66. The number of aromatic amines is 1. The average molecular weight is 289 g/mol. The minimum Gasteiger partial charge on any atom is -0.390 e. The van der Waals surface area contributed by atoms with Gasteiger partial charge in [0.15, 0.2) is 0 Å². The van der Waals surface area contributed by atoms with Crippen molar-refractivity contribution in [1.29, 1.82) is 0 Å². The zero-order valence-electron chi connectivity index (χ0n) is 12.9. The van der Waals surface area contributed by atoms with E-state index in [4.69, 9.17) is 0 Å². The fraction of sp³-hybridized carbons (Fsp3) is 0.556. The van der Waals surface area contributed by atoms with Gasteiger partial charge in [-0.15, -0.1) is 0 Å². The Labute approximate surface area is 127 Å². The Hall–Kier alpha value is -1.32. The monoisotopic (exact) mass is 289 g/mol. The molecule has 1 aromatic carbocycles. The normalized spacial score (nSPS) is 14.4. The van der Waals surface area contributed by atoms with Crippen molar-refractivity contribution in [2.45, 2.75) is 64.1 Å². The lowest BCUT2D eigenvalue weighted by Gasteiger charge is -2.17. The quantitative estimate of drug-likeness (QED) is 0.615. The van der Waals surface area contributed by atoms with Gasteiger partial charge in [0.2, 0.25) is 0 Å². The summed E-state index contributed by atoms with van der Waals surface area (Å²) in [4.78, 5) is 3.21. The third-order valence-corrected chi connectivity index (χ3v) is 4.15. The highest BCUT2D eigenvalue weighted by Crippen LogP contribution is 2.20. The number of aromatic nitrogens is 1. The molecule has 0 saturated heterocycles. The topological polar surface area (TPSA) is 56.2 Å². The van der Waals surface area contributed by atoms with Gasteiger partial charge >= 0.3 is 0 Å². The number of aliphatic hydroxyl groups is 2. The van der Waals surface area contributed by atoms with Crippen LogP contribution in [-0.2, 0) is 6.42 Å². The summed E-state index contributed by atoms with van der Waals surface area (Å²) >= 11 is 0. The molecule has 0 bridgehead atoms. The van der Waals surface area contributed by atoms with E-state index < -0.39 is 12.2 Å². The summed E-state index contributed by atoms with van der Waals surface area (Å²) in [7, 11) is 0. The maximum atomic E-state index is 10.2. The van der Waals surface area contributed by atoms with E-state index in [1.807, 2.05) is 30.5 Å². The molecule has 3 heteroatoms. The molecule has 2 rings (SSSR count). The van der Waals surface area contributed by atoms with Crippen LogP contribution in [0.4, 0.5) is 0 Å². The zero-order valence-corrected chi connectivity index (χ0v) is 12.9. The van der Waals surface area contributed by atoms with E-state index in [1.165, 1.54) is 19.3 Å². The van der Waals surface area contributed by atoms with Gasteiger partial charge in [-0.2, -0.15) is 0 Å². The van der Waals surface area contributed by atoms with Gasteiger partial charge in [0.1, 0.15) is 0 Å². The highest BCUT2D eigenvalue weighted by Gasteiger charge is 2.17. The molecule has 0 aliphatic rings. The van der Waals surface area contributed by atoms with Crippen molar-refractivity contribution in [2.75, 3.05) is 0 Å². The number of para-hydroxylation sites is 1. The first-order valence-corrected chi connectivity index (χ1v) is 8.13. The van der Waals surface area contributed by atoms with E-state index in [2.05, 4.69) is 11.9 Å². The molecule has 2 aromatic rings. The lowest BCUT2D eigenvalue weighted by atomic mass is 9.99. The van der Waals surface area contributed by atoms with Crippen molar-refractivity contribution in [3.05, 3.63) is 36.0 Å². The summed E-state index contributed by atoms with van der Waals surface area (Å²) in [5, 5.41) is 21.4. The molecule has 0 amide bonds. The number of H-pyrrole nitrogens is 1. The number of fused-ring (bicyclic) bond motifs is 1. The van der Waals surface area contributed by atoms with Crippen molar-refractivity contribution in [1.82, 2.24) is 4.98 Å². The second kappa shape index (κ2) is 8.20. The first-order chi connectivity index (χ1) is 10.2. The lowest BCUT2D eigenvalue weighted by molar-refractivity contribution is 0.0139. The summed E-state index contributed by atoms with van der Waals surface area (Å²) in [6.45, 7) is 2.19. The van der Waals surface area contributed by atoms with Crippen molar-refractivity contribution in [2.24, 2.45) is 0 Å². The molecule has 1 aromatic heterocycles. The molecule has 3 nitrogen and oxygen atoms in total. The van der Waals surface area contributed by atoms with Crippen LogP contribution in [0.1, 0.15) is 51.0 Å². The maximum absolute atomic E-state index is 10.2. The Balaban J connectivity index is 1.81. The molecular weight excluding hydrogens is 262 g/mol. The summed E-state index contributed by atoms with van der Waals surface area (Å²) in [5.41, 5.74) is 2.15. The van der Waals surface area contributed by atoms with Crippen LogP contribution in [0.15, 0.2) is 30.5 Å². The second-order valence-electron chi connectivity index (χ2n) is 5.90. The molecule has 1 heterocycles. The molecule has 21 heavy (non-hydrogen) atoms. The van der Waals surface area contributed by atoms with Crippen LogP contribution in [0.5, 0.6) is 0 Å². The number of hydrogen-bond donors (Lipinski definition) is 3. The smallest absolute Gasteiger partial charge is 0.0840 e. The summed E-state index contributed by atoms with van der Waals surface area (Å²) in [6, 6.07) is 8.06. The molecule has 0 aliphatic heterocycles. The highest BCUT2D eigenvalue weighted by molar-refractivity contribution is 5.83. The van der Waals surface area contributed by atoms with E-state index in [9.17, 15) is 10.2 Å². The Morgan fingerprint density at radius 3 is 2.57 bits per heavy atom. The van der Waals surface area contributed by atoms with Crippen LogP contribution < -0.4 is 0 Å². The highest BCUT2D eigenvalue weighted by atomic mass is 16.3. The third-order valence-electron chi connectivity index (χ3n) is 4.15. The van der Waals surface area contributed by atoms with E-state index in [0.29, 0.717) is 12.8 Å². The molecule has 0 radical (unpaired) electrons. The van der Waals surface area contributed by atoms with E-state index in [0.717, 1.165) is 29.3 Å². The molecule has 116 valence electrons. The number of aliphatic hydroxyl groups excluding tert-OH is 2. The largest absolute Gasteiger partial charge is 0.390 e. The van der Waals surface area contributed by atoms with Crippen LogP contribution in [-0.4, -0.2) is 27.4 Å². The average Bonchev–Trinajstić information content (AvgIpc) is 2.90. The van der Waals surface area contributed by atoms with Gasteiger partial charge in [0, 0.05) is 23.5 Å². The number of hydrogen-bond acceptors (Lipinski definition) is 2. The SMILES string of the molecule is CCCCCCCC(O)C(O)Cc1c[nH]c2ccccc12. The Bertz CT molecular complexity index is 535. The van der Waals surface area contributed by atoms with Crippen LogP contribution >= 0.6 is 0 Å². The van der Waals surface area contributed by atoms with Gasteiger partial charge in [0.25, 0.3) is 0 Å². The Kier molecular flexibility index (Phi) is 6.27. The van der Waals surface area contributed by atoms with Gasteiger partial charge in [0.05, 0.1) is 12.2 Å².